The Kier molecular flexibility index (Phi) is 5.44. The minimum atomic E-state index is 1.20. The van der Waals surface area contributed by atoms with E-state index < -0.39 is 0 Å². The SMILES string of the molecule is C=CC1=C(C(=C)C)CCC1.CC. The van der Waals surface area contributed by atoms with Crippen molar-refractivity contribution >= 4 is 0 Å². The topological polar surface area (TPSA) is 0 Å². The molecule has 0 aromatic heterocycles. The third-order valence-corrected chi connectivity index (χ3v) is 2.02. The van der Waals surface area contributed by atoms with Gasteiger partial charge in [-0.25, -0.2) is 0 Å². The molecule has 1 rings (SSSR count). The highest BCUT2D eigenvalue weighted by molar-refractivity contribution is 5.39. The molecule has 0 atom stereocenters. The van der Waals surface area contributed by atoms with E-state index in [2.05, 4.69) is 20.1 Å². The maximum absolute atomic E-state index is 3.93. The first kappa shape index (κ1) is 11.2. The Labute approximate surface area is 76.7 Å². The van der Waals surface area contributed by atoms with Crippen LogP contribution in [0.3, 0.4) is 0 Å². The van der Waals surface area contributed by atoms with Gasteiger partial charge in [0.15, 0.2) is 0 Å². The van der Waals surface area contributed by atoms with E-state index in [0.717, 1.165) is 0 Å². The molecule has 0 nitrogen and oxygen atoms in total. The van der Waals surface area contributed by atoms with Crippen LogP contribution < -0.4 is 0 Å². The van der Waals surface area contributed by atoms with Crippen LogP contribution in [0.5, 0.6) is 0 Å². The first-order valence-electron chi connectivity index (χ1n) is 4.76. The Bertz CT molecular complexity index is 194. The monoisotopic (exact) mass is 164 g/mol. The smallest absolute Gasteiger partial charge is 0.0271 e. The van der Waals surface area contributed by atoms with Crippen molar-refractivity contribution in [2.75, 3.05) is 0 Å². The lowest BCUT2D eigenvalue weighted by molar-refractivity contribution is 0.902. The Morgan fingerprint density at radius 3 is 2.25 bits per heavy atom. The standard InChI is InChI=1S/C10H14.C2H6/c1-4-9-6-5-7-10(9)8(2)3;1-2/h4H,1-2,5-7H2,3H3;1-2H3. The zero-order valence-electron chi connectivity index (χ0n) is 8.61. The number of rotatable bonds is 2. The second-order valence-corrected chi connectivity index (χ2v) is 2.84. The minimum Gasteiger partial charge on any atom is -0.0988 e. The average molecular weight is 164 g/mol. The summed E-state index contributed by atoms with van der Waals surface area (Å²) in [5, 5.41) is 0. The molecular formula is C12H20. The summed E-state index contributed by atoms with van der Waals surface area (Å²) < 4.78 is 0. The van der Waals surface area contributed by atoms with E-state index in [0.29, 0.717) is 0 Å². The molecule has 1 aliphatic rings. The van der Waals surface area contributed by atoms with Crippen molar-refractivity contribution in [3.63, 3.8) is 0 Å². The Balaban J connectivity index is 0.000000561. The van der Waals surface area contributed by atoms with Crippen LogP contribution in [0, 0.1) is 0 Å². The summed E-state index contributed by atoms with van der Waals surface area (Å²) >= 11 is 0. The summed E-state index contributed by atoms with van der Waals surface area (Å²) in [6.07, 6.45) is 5.66. The zero-order chi connectivity index (χ0) is 9.56. The first-order chi connectivity index (χ1) is 5.75. The van der Waals surface area contributed by atoms with Crippen molar-refractivity contribution in [1.29, 1.82) is 0 Å². The molecule has 0 unspecified atom stereocenters. The van der Waals surface area contributed by atoms with E-state index in [4.69, 9.17) is 0 Å². The Morgan fingerprint density at radius 1 is 1.33 bits per heavy atom. The van der Waals surface area contributed by atoms with Crippen molar-refractivity contribution in [3.05, 3.63) is 36.0 Å². The molecule has 0 heterocycles. The van der Waals surface area contributed by atoms with E-state index in [-0.39, 0.29) is 0 Å². The fraction of sp³-hybridized carbons (Fsp3) is 0.500. The summed E-state index contributed by atoms with van der Waals surface area (Å²) in [6.45, 7) is 13.8. The van der Waals surface area contributed by atoms with Gasteiger partial charge < -0.3 is 0 Å². The predicted octanol–water partition coefficient (Wildman–Crippen LogP) is 4.26. The maximum atomic E-state index is 3.93. The summed E-state index contributed by atoms with van der Waals surface area (Å²) in [7, 11) is 0. The van der Waals surface area contributed by atoms with Gasteiger partial charge in [0.1, 0.15) is 0 Å². The van der Waals surface area contributed by atoms with Crippen molar-refractivity contribution in [1.82, 2.24) is 0 Å². The number of hydrogen-bond acceptors (Lipinski definition) is 0. The molecule has 0 aromatic rings. The van der Waals surface area contributed by atoms with Gasteiger partial charge in [0.25, 0.3) is 0 Å². The lowest BCUT2D eigenvalue weighted by Crippen LogP contribution is -1.80. The molecule has 0 radical (unpaired) electrons. The van der Waals surface area contributed by atoms with Gasteiger partial charge in [-0.3, -0.25) is 0 Å². The van der Waals surface area contributed by atoms with E-state index in [9.17, 15) is 0 Å². The summed E-state index contributed by atoms with van der Waals surface area (Å²) in [5.74, 6) is 0. The second kappa shape index (κ2) is 5.82. The van der Waals surface area contributed by atoms with E-state index in [1.807, 2.05) is 19.9 Å². The predicted molar refractivity (Wildman–Crippen MR) is 57.2 cm³/mol. The highest BCUT2D eigenvalue weighted by Crippen LogP contribution is 2.30. The van der Waals surface area contributed by atoms with Gasteiger partial charge in [0.2, 0.25) is 0 Å². The fourth-order valence-electron chi connectivity index (χ4n) is 1.48. The molecule has 12 heavy (non-hydrogen) atoms. The largest absolute Gasteiger partial charge is 0.0988 e. The van der Waals surface area contributed by atoms with Gasteiger partial charge >= 0.3 is 0 Å². The van der Waals surface area contributed by atoms with Crippen LogP contribution in [0.1, 0.15) is 40.0 Å². The van der Waals surface area contributed by atoms with Crippen molar-refractivity contribution in [2.45, 2.75) is 40.0 Å². The van der Waals surface area contributed by atoms with Crippen LogP contribution in [0.15, 0.2) is 36.0 Å². The molecule has 0 spiro atoms. The second-order valence-electron chi connectivity index (χ2n) is 2.84. The van der Waals surface area contributed by atoms with Gasteiger partial charge in [-0.05, 0) is 37.3 Å². The fourth-order valence-corrected chi connectivity index (χ4v) is 1.48. The van der Waals surface area contributed by atoms with Crippen LogP contribution in [0.2, 0.25) is 0 Å². The highest BCUT2D eigenvalue weighted by atomic mass is 14.2. The molecule has 0 heteroatoms. The normalized spacial score (nSPS) is 15.2. The molecule has 0 amide bonds. The lowest BCUT2D eigenvalue weighted by atomic mass is 10.1. The molecular weight excluding hydrogens is 144 g/mol. The third kappa shape index (κ3) is 2.69. The maximum Gasteiger partial charge on any atom is -0.0271 e. The molecule has 0 bridgehead atoms. The van der Waals surface area contributed by atoms with Gasteiger partial charge in [-0.2, -0.15) is 0 Å². The molecule has 0 saturated heterocycles. The van der Waals surface area contributed by atoms with Gasteiger partial charge in [-0.1, -0.05) is 38.7 Å². The van der Waals surface area contributed by atoms with Crippen molar-refractivity contribution < 1.29 is 0 Å². The van der Waals surface area contributed by atoms with E-state index in [1.165, 1.54) is 36.0 Å². The quantitative estimate of drug-likeness (QED) is 0.572. The first-order valence-corrected chi connectivity index (χ1v) is 4.76. The average Bonchev–Trinajstić information content (AvgIpc) is 2.55. The molecule has 68 valence electrons. The van der Waals surface area contributed by atoms with E-state index >= 15 is 0 Å². The van der Waals surface area contributed by atoms with E-state index in [1.54, 1.807) is 0 Å². The molecule has 0 aliphatic heterocycles. The van der Waals surface area contributed by atoms with Crippen LogP contribution in [0.4, 0.5) is 0 Å². The third-order valence-electron chi connectivity index (χ3n) is 2.02. The van der Waals surface area contributed by atoms with Crippen molar-refractivity contribution in [2.24, 2.45) is 0 Å². The Morgan fingerprint density at radius 2 is 1.92 bits per heavy atom. The molecule has 0 saturated carbocycles. The van der Waals surface area contributed by atoms with Gasteiger partial charge in [0.05, 0.1) is 0 Å². The van der Waals surface area contributed by atoms with Crippen LogP contribution >= 0.6 is 0 Å². The van der Waals surface area contributed by atoms with Gasteiger partial charge in [0, 0.05) is 0 Å². The zero-order valence-corrected chi connectivity index (χ0v) is 8.61. The minimum absolute atomic E-state index is 1.20. The Hall–Kier alpha value is -0.780. The van der Waals surface area contributed by atoms with Crippen molar-refractivity contribution in [3.8, 4) is 0 Å². The van der Waals surface area contributed by atoms with Gasteiger partial charge in [-0.15, -0.1) is 0 Å². The number of hydrogen-bond donors (Lipinski definition) is 0. The highest BCUT2D eigenvalue weighted by Gasteiger charge is 2.11. The number of allylic oxidation sites excluding steroid dienone is 4. The van der Waals surface area contributed by atoms with Crippen LogP contribution in [0.25, 0.3) is 0 Å². The lowest BCUT2D eigenvalue weighted by Gasteiger charge is -2.00. The summed E-state index contributed by atoms with van der Waals surface area (Å²) in [5.41, 5.74) is 4.06. The molecule has 0 N–H and O–H groups in total. The molecule has 0 aromatic carbocycles. The van der Waals surface area contributed by atoms with Crippen LogP contribution in [-0.4, -0.2) is 0 Å². The van der Waals surface area contributed by atoms with Crippen LogP contribution in [-0.2, 0) is 0 Å². The summed E-state index contributed by atoms with van der Waals surface area (Å²) in [4.78, 5) is 0. The molecule has 0 fully saturated rings. The summed E-state index contributed by atoms with van der Waals surface area (Å²) in [6, 6.07) is 0. The molecule has 1 aliphatic carbocycles.